The molecule has 0 aliphatic heterocycles. The Morgan fingerprint density at radius 3 is 2.25 bits per heavy atom. The van der Waals surface area contributed by atoms with Crippen molar-refractivity contribution in [1.82, 2.24) is 10.6 Å². The molecule has 0 radical (unpaired) electrons. The first-order chi connectivity index (χ1) is 7.29. The highest BCUT2D eigenvalue weighted by Crippen LogP contribution is 2.18. The van der Waals surface area contributed by atoms with Gasteiger partial charge in [-0.25, -0.2) is 0 Å². The molecule has 0 bridgehead atoms. The fourth-order valence-corrected chi connectivity index (χ4v) is 1.24. The van der Waals surface area contributed by atoms with Crippen molar-refractivity contribution in [1.29, 1.82) is 0 Å². The quantitative estimate of drug-likeness (QED) is 0.685. The molecule has 2 unspecified atom stereocenters. The largest absolute Gasteiger partial charge is 0.355 e. The van der Waals surface area contributed by atoms with Gasteiger partial charge in [-0.05, 0) is 25.7 Å². The second-order valence-corrected chi connectivity index (χ2v) is 5.62. The van der Waals surface area contributed by atoms with Crippen molar-refractivity contribution in [2.45, 2.75) is 66.5 Å². The van der Waals surface area contributed by atoms with Gasteiger partial charge in [0, 0.05) is 12.6 Å². The zero-order chi connectivity index (χ0) is 12.8. The molecule has 16 heavy (non-hydrogen) atoms. The number of hydrogen-bond donors (Lipinski definition) is 2. The molecule has 96 valence electrons. The molecule has 0 heterocycles. The van der Waals surface area contributed by atoms with Gasteiger partial charge >= 0.3 is 0 Å². The van der Waals surface area contributed by atoms with E-state index in [1.807, 2.05) is 6.92 Å². The van der Waals surface area contributed by atoms with Gasteiger partial charge in [-0.1, -0.05) is 34.1 Å². The average Bonchev–Trinajstić information content (AvgIpc) is 2.16. The van der Waals surface area contributed by atoms with Crippen LogP contribution in [0.4, 0.5) is 0 Å². The highest BCUT2D eigenvalue weighted by Gasteiger charge is 2.23. The first-order valence-corrected chi connectivity index (χ1v) is 6.32. The third-order valence-electron chi connectivity index (χ3n) is 3.02. The molecule has 0 saturated heterocycles. The third kappa shape index (κ3) is 6.11. The molecule has 2 N–H and O–H groups in total. The van der Waals surface area contributed by atoms with Gasteiger partial charge in [0.25, 0.3) is 0 Å². The first-order valence-electron chi connectivity index (χ1n) is 6.32. The lowest BCUT2D eigenvalue weighted by molar-refractivity contribution is -0.123. The predicted molar refractivity (Wildman–Crippen MR) is 69.4 cm³/mol. The highest BCUT2D eigenvalue weighted by atomic mass is 16.2. The molecule has 0 aliphatic carbocycles. The van der Waals surface area contributed by atoms with E-state index in [0.29, 0.717) is 6.04 Å². The summed E-state index contributed by atoms with van der Waals surface area (Å²) in [7, 11) is 0. The van der Waals surface area contributed by atoms with Gasteiger partial charge in [0.05, 0.1) is 6.04 Å². The maximum atomic E-state index is 11.7. The van der Waals surface area contributed by atoms with Crippen LogP contribution in [0.1, 0.15) is 54.4 Å². The minimum atomic E-state index is -0.119. The van der Waals surface area contributed by atoms with Crippen molar-refractivity contribution in [2.75, 3.05) is 6.54 Å². The Labute approximate surface area is 100 Å². The molecule has 0 spiro atoms. The molecule has 0 fully saturated rings. The molecule has 3 nitrogen and oxygen atoms in total. The summed E-state index contributed by atoms with van der Waals surface area (Å²) in [5.74, 6) is 0.101. The average molecular weight is 228 g/mol. The second kappa shape index (κ2) is 6.89. The SMILES string of the molecule is CCCCNC(=O)C(C)NC(C)C(C)(C)C. The number of unbranched alkanes of at least 4 members (excludes halogenated alkanes) is 1. The van der Waals surface area contributed by atoms with Crippen LogP contribution in [0.25, 0.3) is 0 Å². The summed E-state index contributed by atoms with van der Waals surface area (Å²) in [5, 5.41) is 6.27. The Balaban J connectivity index is 3.96. The fourth-order valence-electron chi connectivity index (χ4n) is 1.24. The van der Waals surface area contributed by atoms with Crippen molar-refractivity contribution < 1.29 is 4.79 Å². The summed E-state index contributed by atoms with van der Waals surface area (Å²) in [6, 6.07) is 0.200. The number of rotatable bonds is 6. The first kappa shape index (κ1) is 15.4. The molecule has 3 heteroatoms. The van der Waals surface area contributed by atoms with Crippen LogP contribution in [0, 0.1) is 5.41 Å². The van der Waals surface area contributed by atoms with Gasteiger partial charge in [0.2, 0.25) is 5.91 Å². The van der Waals surface area contributed by atoms with E-state index in [0.717, 1.165) is 19.4 Å². The van der Waals surface area contributed by atoms with Gasteiger partial charge < -0.3 is 10.6 Å². The number of hydrogen-bond acceptors (Lipinski definition) is 2. The van der Waals surface area contributed by atoms with Crippen LogP contribution in [0.5, 0.6) is 0 Å². The van der Waals surface area contributed by atoms with E-state index in [1.165, 1.54) is 0 Å². The molecular weight excluding hydrogens is 200 g/mol. The Hall–Kier alpha value is -0.570. The summed E-state index contributed by atoms with van der Waals surface area (Å²) in [4.78, 5) is 11.7. The van der Waals surface area contributed by atoms with E-state index in [9.17, 15) is 4.79 Å². The van der Waals surface area contributed by atoms with Crippen LogP contribution in [0.15, 0.2) is 0 Å². The molecule has 0 rings (SSSR count). The van der Waals surface area contributed by atoms with Crippen LogP contribution in [-0.2, 0) is 4.79 Å². The van der Waals surface area contributed by atoms with E-state index in [2.05, 4.69) is 45.3 Å². The minimum Gasteiger partial charge on any atom is -0.355 e. The van der Waals surface area contributed by atoms with Crippen LogP contribution in [-0.4, -0.2) is 24.5 Å². The molecule has 0 saturated carbocycles. The smallest absolute Gasteiger partial charge is 0.236 e. The summed E-state index contributed by atoms with van der Waals surface area (Å²) in [6.07, 6.45) is 2.16. The van der Waals surface area contributed by atoms with Crippen molar-refractivity contribution in [3.63, 3.8) is 0 Å². The van der Waals surface area contributed by atoms with E-state index < -0.39 is 0 Å². The topological polar surface area (TPSA) is 41.1 Å². The van der Waals surface area contributed by atoms with E-state index in [1.54, 1.807) is 0 Å². The maximum Gasteiger partial charge on any atom is 0.236 e. The molecule has 0 aromatic rings. The standard InChI is InChI=1S/C13H28N2O/c1-7-8-9-14-12(16)10(2)15-11(3)13(4,5)6/h10-11,15H,7-9H2,1-6H3,(H,14,16). The minimum absolute atomic E-state index is 0.101. The van der Waals surface area contributed by atoms with Crippen molar-refractivity contribution in [2.24, 2.45) is 5.41 Å². The van der Waals surface area contributed by atoms with Crippen LogP contribution in [0.3, 0.4) is 0 Å². The molecule has 1 amide bonds. The fraction of sp³-hybridized carbons (Fsp3) is 0.923. The Morgan fingerprint density at radius 2 is 1.81 bits per heavy atom. The lowest BCUT2D eigenvalue weighted by atomic mass is 9.87. The number of nitrogens with one attached hydrogen (secondary N) is 2. The Morgan fingerprint density at radius 1 is 1.25 bits per heavy atom. The van der Waals surface area contributed by atoms with Gasteiger partial charge in [-0.3, -0.25) is 4.79 Å². The van der Waals surface area contributed by atoms with Crippen LogP contribution >= 0.6 is 0 Å². The number of carbonyl (C=O) groups excluding carboxylic acids is 1. The molecule has 0 aromatic carbocycles. The van der Waals surface area contributed by atoms with Gasteiger partial charge in [-0.15, -0.1) is 0 Å². The van der Waals surface area contributed by atoms with Gasteiger partial charge in [0.15, 0.2) is 0 Å². The monoisotopic (exact) mass is 228 g/mol. The summed E-state index contributed by atoms with van der Waals surface area (Å²) < 4.78 is 0. The van der Waals surface area contributed by atoms with E-state index >= 15 is 0 Å². The molecule has 0 aromatic heterocycles. The predicted octanol–water partition coefficient (Wildman–Crippen LogP) is 2.32. The molecular formula is C13H28N2O. The Bertz CT molecular complexity index is 208. The van der Waals surface area contributed by atoms with Crippen LogP contribution in [0.2, 0.25) is 0 Å². The zero-order valence-corrected chi connectivity index (χ0v) is 11.7. The van der Waals surface area contributed by atoms with E-state index in [-0.39, 0.29) is 17.4 Å². The normalized spacial score (nSPS) is 15.6. The summed E-state index contributed by atoms with van der Waals surface area (Å²) >= 11 is 0. The molecule has 2 atom stereocenters. The number of amides is 1. The second-order valence-electron chi connectivity index (χ2n) is 5.62. The highest BCUT2D eigenvalue weighted by molar-refractivity contribution is 5.81. The lowest BCUT2D eigenvalue weighted by Gasteiger charge is -2.30. The summed E-state index contributed by atoms with van der Waals surface area (Å²) in [6.45, 7) is 13.5. The zero-order valence-electron chi connectivity index (χ0n) is 11.7. The van der Waals surface area contributed by atoms with Crippen LogP contribution < -0.4 is 10.6 Å². The number of carbonyl (C=O) groups is 1. The van der Waals surface area contributed by atoms with Gasteiger partial charge in [-0.2, -0.15) is 0 Å². The maximum absolute atomic E-state index is 11.7. The lowest BCUT2D eigenvalue weighted by Crippen LogP contribution is -2.49. The van der Waals surface area contributed by atoms with Crippen molar-refractivity contribution in [3.8, 4) is 0 Å². The Kier molecular flexibility index (Phi) is 6.65. The third-order valence-corrected chi connectivity index (χ3v) is 3.02. The van der Waals surface area contributed by atoms with Gasteiger partial charge in [0.1, 0.15) is 0 Å². The molecule has 0 aliphatic rings. The van der Waals surface area contributed by atoms with Crippen molar-refractivity contribution >= 4 is 5.91 Å². The summed E-state index contributed by atoms with van der Waals surface area (Å²) in [5.41, 5.74) is 0.179. The van der Waals surface area contributed by atoms with E-state index in [4.69, 9.17) is 0 Å². The van der Waals surface area contributed by atoms with Crippen molar-refractivity contribution in [3.05, 3.63) is 0 Å².